The maximum atomic E-state index is 13.4. The first-order valence-corrected chi connectivity index (χ1v) is 8.71. The molecule has 0 saturated carbocycles. The van der Waals surface area contributed by atoms with Crippen molar-refractivity contribution in [3.05, 3.63) is 107 Å². The van der Waals surface area contributed by atoms with Gasteiger partial charge >= 0.3 is 0 Å². The zero-order valence-electron chi connectivity index (χ0n) is 14.7. The van der Waals surface area contributed by atoms with Gasteiger partial charge in [-0.15, -0.1) is 12.4 Å². The smallest absolute Gasteiger partial charge is 0.192 e. The summed E-state index contributed by atoms with van der Waals surface area (Å²) in [4.78, 5) is 4.61. The zero-order valence-corrected chi connectivity index (χ0v) is 15.5. The van der Waals surface area contributed by atoms with Crippen molar-refractivity contribution in [1.82, 2.24) is 10.6 Å². The molecule has 0 aliphatic carbocycles. The van der Waals surface area contributed by atoms with Gasteiger partial charge in [-0.1, -0.05) is 72.8 Å². The summed E-state index contributed by atoms with van der Waals surface area (Å²) >= 11 is 0. The van der Waals surface area contributed by atoms with Crippen molar-refractivity contribution >= 4 is 18.4 Å². The van der Waals surface area contributed by atoms with Crippen molar-refractivity contribution in [1.29, 1.82) is 0 Å². The van der Waals surface area contributed by atoms with Gasteiger partial charge in [0.15, 0.2) is 5.96 Å². The summed E-state index contributed by atoms with van der Waals surface area (Å²) in [5, 5.41) is 6.97. The lowest BCUT2D eigenvalue weighted by Crippen LogP contribution is -2.25. The minimum atomic E-state index is -0.237. The zero-order chi connectivity index (χ0) is 17.8. The molecular weight excluding hydrogens is 361 g/mol. The molecule has 2 N–H and O–H groups in total. The fourth-order valence-corrected chi connectivity index (χ4v) is 3.27. The second-order valence-corrected chi connectivity index (χ2v) is 6.36. The minimum Gasteiger partial charge on any atom is -0.347 e. The van der Waals surface area contributed by atoms with Gasteiger partial charge in [0.25, 0.3) is 0 Å². The number of benzene rings is 3. The molecule has 1 aliphatic rings. The Morgan fingerprint density at radius 3 is 1.81 bits per heavy atom. The number of halogens is 2. The van der Waals surface area contributed by atoms with E-state index in [2.05, 4.69) is 39.9 Å². The van der Waals surface area contributed by atoms with Crippen LogP contribution in [0.15, 0.2) is 89.9 Å². The van der Waals surface area contributed by atoms with E-state index in [-0.39, 0.29) is 30.3 Å². The van der Waals surface area contributed by atoms with Crippen LogP contribution in [-0.2, 0) is 6.54 Å². The van der Waals surface area contributed by atoms with E-state index in [1.54, 1.807) is 6.07 Å². The number of hydrogen-bond donors (Lipinski definition) is 2. The molecule has 0 bridgehead atoms. The Balaban J connectivity index is 0.00000210. The molecule has 3 nitrogen and oxygen atoms in total. The SMILES string of the molecule is Cl.Fc1cccc(CN=C2N[C@H](c3ccccc3)[C@H](c3ccccc3)N2)c1. The van der Waals surface area contributed by atoms with Gasteiger partial charge in [0.1, 0.15) is 5.82 Å². The molecule has 4 rings (SSSR count). The molecule has 1 heterocycles. The van der Waals surface area contributed by atoms with Crippen molar-refractivity contribution in [3.8, 4) is 0 Å². The fraction of sp³-hybridized carbons (Fsp3) is 0.136. The molecule has 0 spiro atoms. The molecule has 0 amide bonds. The average molecular weight is 382 g/mol. The summed E-state index contributed by atoms with van der Waals surface area (Å²) in [7, 11) is 0. The van der Waals surface area contributed by atoms with Gasteiger partial charge in [0.2, 0.25) is 0 Å². The van der Waals surface area contributed by atoms with E-state index in [0.717, 1.165) is 11.5 Å². The Labute approximate surface area is 164 Å². The Hall–Kier alpha value is -2.85. The van der Waals surface area contributed by atoms with Crippen LogP contribution >= 0.6 is 12.4 Å². The molecule has 3 aromatic rings. The Bertz CT molecular complexity index is 850. The predicted molar refractivity (Wildman–Crippen MR) is 109 cm³/mol. The maximum absolute atomic E-state index is 13.4. The Morgan fingerprint density at radius 1 is 0.741 bits per heavy atom. The third-order valence-electron chi connectivity index (χ3n) is 4.54. The summed E-state index contributed by atoms with van der Waals surface area (Å²) in [5.74, 6) is 0.497. The summed E-state index contributed by atoms with van der Waals surface area (Å²) in [5.41, 5.74) is 3.25. The standard InChI is InChI=1S/C22H20FN3.ClH/c23-19-13-7-8-16(14-19)15-24-22-25-20(17-9-3-1-4-10-17)21(26-22)18-11-5-2-6-12-18;/h1-14,20-21H,15H2,(H2,24,25,26);1H/t20-,21+;. The normalized spacial score (nSPS) is 19.8. The molecule has 2 atom stereocenters. The highest BCUT2D eigenvalue weighted by atomic mass is 35.5. The van der Waals surface area contributed by atoms with Gasteiger partial charge in [-0.2, -0.15) is 0 Å². The molecule has 0 radical (unpaired) electrons. The van der Waals surface area contributed by atoms with Gasteiger partial charge in [0, 0.05) is 0 Å². The number of nitrogens with one attached hydrogen (secondary N) is 2. The van der Waals surface area contributed by atoms with Gasteiger partial charge in [0.05, 0.1) is 18.6 Å². The summed E-state index contributed by atoms with van der Waals surface area (Å²) in [6, 6.07) is 27.4. The van der Waals surface area contributed by atoms with Crippen LogP contribution in [0.25, 0.3) is 0 Å². The highest BCUT2D eigenvalue weighted by Crippen LogP contribution is 2.32. The molecule has 1 saturated heterocycles. The number of aliphatic imine (C=N–C) groups is 1. The van der Waals surface area contributed by atoms with Crippen molar-refractivity contribution in [2.75, 3.05) is 0 Å². The lowest BCUT2D eigenvalue weighted by Gasteiger charge is -2.19. The largest absolute Gasteiger partial charge is 0.347 e. The van der Waals surface area contributed by atoms with Gasteiger partial charge in [-0.05, 0) is 28.8 Å². The van der Waals surface area contributed by atoms with E-state index >= 15 is 0 Å². The quantitative estimate of drug-likeness (QED) is 0.682. The third kappa shape index (κ3) is 4.47. The van der Waals surface area contributed by atoms with Crippen LogP contribution in [0.3, 0.4) is 0 Å². The van der Waals surface area contributed by atoms with Crippen LogP contribution in [0.4, 0.5) is 4.39 Å². The molecule has 0 unspecified atom stereocenters. The maximum Gasteiger partial charge on any atom is 0.192 e. The third-order valence-corrected chi connectivity index (χ3v) is 4.54. The molecular formula is C22H21ClFN3. The van der Waals surface area contributed by atoms with Gasteiger partial charge in [-0.3, -0.25) is 0 Å². The first-order chi connectivity index (χ1) is 12.8. The summed E-state index contributed by atoms with van der Waals surface area (Å²) < 4.78 is 13.4. The predicted octanol–water partition coefficient (Wildman–Crippen LogP) is 4.78. The van der Waals surface area contributed by atoms with Gasteiger partial charge in [-0.25, -0.2) is 9.38 Å². The molecule has 27 heavy (non-hydrogen) atoms. The summed E-state index contributed by atoms with van der Waals surface area (Å²) in [6.45, 7) is 0.427. The lowest BCUT2D eigenvalue weighted by molar-refractivity contribution is 0.554. The number of nitrogens with zero attached hydrogens (tertiary/aromatic N) is 1. The van der Waals surface area contributed by atoms with E-state index in [9.17, 15) is 4.39 Å². The van der Waals surface area contributed by atoms with E-state index in [1.165, 1.54) is 23.3 Å². The first kappa shape index (κ1) is 18.9. The highest BCUT2D eigenvalue weighted by Gasteiger charge is 2.32. The van der Waals surface area contributed by atoms with Crippen LogP contribution in [0.5, 0.6) is 0 Å². The topological polar surface area (TPSA) is 36.4 Å². The first-order valence-electron chi connectivity index (χ1n) is 8.71. The van der Waals surface area contributed by atoms with Crippen molar-refractivity contribution in [2.24, 2.45) is 4.99 Å². The van der Waals surface area contributed by atoms with Crippen LogP contribution < -0.4 is 10.6 Å². The molecule has 0 aromatic heterocycles. The van der Waals surface area contributed by atoms with Crippen molar-refractivity contribution < 1.29 is 4.39 Å². The van der Waals surface area contributed by atoms with Crippen molar-refractivity contribution in [2.45, 2.75) is 18.6 Å². The van der Waals surface area contributed by atoms with E-state index in [1.807, 2.05) is 42.5 Å². The second-order valence-electron chi connectivity index (χ2n) is 6.36. The molecule has 3 aromatic carbocycles. The van der Waals surface area contributed by atoms with E-state index < -0.39 is 0 Å². The lowest BCUT2D eigenvalue weighted by atomic mass is 9.95. The molecule has 1 aliphatic heterocycles. The Kier molecular flexibility index (Phi) is 6.09. The number of guanidine groups is 1. The van der Waals surface area contributed by atoms with Crippen LogP contribution in [-0.4, -0.2) is 5.96 Å². The van der Waals surface area contributed by atoms with Gasteiger partial charge < -0.3 is 10.6 Å². The Morgan fingerprint density at radius 2 is 1.30 bits per heavy atom. The van der Waals surface area contributed by atoms with Crippen LogP contribution in [0.2, 0.25) is 0 Å². The fourth-order valence-electron chi connectivity index (χ4n) is 3.27. The monoisotopic (exact) mass is 381 g/mol. The number of hydrogen-bond acceptors (Lipinski definition) is 1. The molecule has 5 heteroatoms. The summed E-state index contributed by atoms with van der Waals surface area (Å²) in [6.07, 6.45) is 0. The van der Waals surface area contributed by atoms with E-state index in [0.29, 0.717) is 6.54 Å². The molecule has 1 fully saturated rings. The highest BCUT2D eigenvalue weighted by molar-refractivity contribution is 5.85. The van der Waals surface area contributed by atoms with Crippen LogP contribution in [0.1, 0.15) is 28.8 Å². The molecule has 138 valence electrons. The second kappa shape index (κ2) is 8.69. The van der Waals surface area contributed by atoms with E-state index in [4.69, 9.17) is 0 Å². The van der Waals surface area contributed by atoms with Crippen LogP contribution in [0, 0.1) is 5.82 Å². The number of rotatable bonds is 4. The average Bonchev–Trinajstić information content (AvgIpc) is 3.12. The van der Waals surface area contributed by atoms with Crippen molar-refractivity contribution in [3.63, 3.8) is 0 Å². The minimum absolute atomic E-state index is 0.